The molecule has 1 aliphatic heterocycles. The van der Waals surface area contributed by atoms with Crippen molar-refractivity contribution in [3.8, 4) is 0 Å². The second kappa shape index (κ2) is 5.38. The van der Waals surface area contributed by atoms with Crippen LogP contribution in [0.3, 0.4) is 0 Å². The van der Waals surface area contributed by atoms with Crippen molar-refractivity contribution in [3.63, 3.8) is 0 Å². The summed E-state index contributed by atoms with van der Waals surface area (Å²) in [6.07, 6.45) is 0. The van der Waals surface area contributed by atoms with Crippen molar-refractivity contribution >= 4 is 17.2 Å². The van der Waals surface area contributed by atoms with Crippen LogP contribution in [0.15, 0.2) is 11.4 Å². The first-order chi connectivity index (χ1) is 8.50. The number of hydrogen-bond acceptors (Lipinski definition) is 4. The zero-order valence-corrected chi connectivity index (χ0v) is 12.0. The Balaban J connectivity index is 2.22. The highest BCUT2D eigenvalue weighted by Gasteiger charge is 2.31. The van der Waals surface area contributed by atoms with Crippen molar-refractivity contribution in [2.45, 2.75) is 25.9 Å². The topological polar surface area (TPSA) is 49.6 Å². The summed E-state index contributed by atoms with van der Waals surface area (Å²) in [6, 6.07) is 2.30. The summed E-state index contributed by atoms with van der Waals surface area (Å²) in [5.74, 6) is 0.182. The minimum absolute atomic E-state index is 0.0264. The van der Waals surface area contributed by atoms with Crippen LogP contribution in [-0.4, -0.2) is 48.4 Å². The molecule has 0 spiro atoms. The number of carbonyl (C=O) groups excluding carboxylic acids is 1. The van der Waals surface area contributed by atoms with Gasteiger partial charge in [0.2, 0.25) is 5.91 Å². The fourth-order valence-electron chi connectivity index (χ4n) is 2.44. The Labute approximate surface area is 112 Å². The molecular weight excluding hydrogens is 246 g/mol. The van der Waals surface area contributed by atoms with Gasteiger partial charge >= 0.3 is 0 Å². The van der Waals surface area contributed by atoms with Gasteiger partial charge in [0.1, 0.15) is 0 Å². The van der Waals surface area contributed by atoms with Crippen molar-refractivity contribution in [1.29, 1.82) is 0 Å². The number of piperazine rings is 1. The summed E-state index contributed by atoms with van der Waals surface area (Å²) in [4.78, 5) is 17.1. The van der Waals surface area contributed by atoms with Gasteiger partial charge in [0, 0.05) is 31.1 Å². The molecule has 0 aromatic carbocycles. The number of rotatable bonds is 3. The summed E-state index contributed by atoms with van der Waals surface area (Å²) in [6.45, 7) is 6.28. The Morgan fingerprint density at radius 1 is 1.44 bits per heavy atom. The molecule has 18 heavy (non-hydrogen) atoms. The van der Waals surface area contributed by atoms with Crippen molar-refractivity contribution in [2.24, 2.45) is 5.73 Å². The number of nitrogens with two attached hydrogens (primary N) is 1. The molecule has 0 bridgehead atoms. The maximum Gasteiger partial charge on any atom is 0.236 e. The lowest BCUT2D eigenvalue weighted by Crippen LogP contribution is -2.52. The van der Waals surface area contributed by atoms with Crippen LogP contribution in [0.1, 0.15) is 23.4 Å². The molecule has 5 heteroatoms. The fraction of sp³-hybridized carbons (Fsp3) is 0.615. The minimum atomic E-state index is 0.0264. The van der Waals surface area contributed by atoms with Gasteiger partial charge in [-0.15, -0.1) is 11.3 Å². The van der Waals surface area contributed by atoms with Crippen molar-refractivity contribution in [2.75, 3.05) is 26.7 Å². The summed E-state index contributed by atoms with van der Waals surface area (Å²) in [5.41, 5.74) is 7.42. The number of hydrogen-bond donors (Lipinski definition) is 1. The molecule has 1 saturated heterocycles. The average Bonchev–Trinajstić information content (AvgIpc) is 2.70. The van der Waals surface area contributed by atoms with Crippen LogP contribution in [0.5, 0.6) is 0 Å². The first-order valence-electron chi connectivity index (χ1n) is 6.28. The molecule has 100 valence electrons. The Bertz CT molecular complexity index is 430. The molecule has 1 aliphatic rings. The molecule has 1 aromatic rings. The van der Waals surface area contributed by atoms with Crippen molar-refractivity contribution in [1.82, 2.24) is 9.80 Å². The highest BCUT2D eigenvalue weighted by atomic mass is 32.1. The van der Waals surface area contributed by atoms with Gasteiger partial charge in [-0.05, 0) is 30.9 Å². The van der Waals surface area contributed by atoms with E-state index in [0.717, 1.165) is 13.1 Å². The van der Waals surface area contributed by atoms with Crippen LogP contribution in [0.2, 0.25) is 0 Å². The van der Waals surface area contributed by atoms with Crippen LogP contribution < -0.4 is 5.73 Å². The van der Waals surface area contributed by atoms with E-state index in [-0.39, 0.29) is 18.0 Å². The first-order valence-corrected chi connectivity index (χ1v) is 7.16. The predicted octanol–water partition coefficient (Wildman–Crippen LogP) is 1.22. The second-order valence-electron chi connectivity index (χ2n) is 5.06. The lowest BCUT2D eigenvalue weighted by Gasteiger charge is -2.39. The first kappa shape index (κ1) is 13.5. The lowest BCUT2D eigenvalue weighted by molar-refractivity contribution is -0.135. The van der Waals surface area contributed by atoms with Gasteiger partial charge in [-0.1, -0.05) is 0 Å². The third-order valence-electron chi connectivity index (χ3n) is 3.55. The largest absolute Gasteiger partial charge is 0.343 e. The number of amides is 1. The highest BCUT2D eigenvalue weighted by molar-refractivity contribution is 7.10. The van der Waals surface area contributed by atoms with E-state index in [1.54, 1.807) is 16.2 Å². The zero-order valence-electron chi connectivity index (χ0n) is 11.2. The molecule has 2 heterocycles. The van der Waals surface area contributed by atoms with E-state index in [1.807, 2.05) is 14.0 Å². The average molecular weight is 267 g/mol. The molecule has 1 fully saturated rings. The van der Waals surface area contributed by atoms with E-state index in [9.17, 15) is 4.79 Å². The minimum Gasteiger partial charge on any atom is -0.343 e. The summed E-state index contributed by atoms with van der Waals surface area (Å²) in [5, 5.41) is 2.10. The predicted molar refractivity (Wildman–Crippen MR) is 74.7 cm³/mol. The molecule has 2 rings (SSSR count). The molecule has 4 nitrogen and oxygen atoms in total. The molecule has 2 unspecified atom stereocenters. The SMILES string of the molecule is Cc1ccsc1C(C(C)N)N1CCN(C)C(=O)C1. The second-order valence-corrected chi connectivity index (χ2v) is 6.01. The normalized spacial score (nSPS) is 21.1. The lowest BCUT2D eigenvalue weighted by atomic mass is 10.0. The monoisotopic (exact) mass is 267 g/mol. The number of nitrogens with zero attached hydrogens (tertiary/aromatic N) is 2. The summed E-state index contributed by atoms with van der Waals surface area (Å²) in [7, 11) is 1.86. The molecule has 2 N–H and O–H groups in total. The van der Waals surface area contributed by atoms with Crippen LogP contribution in [0.25, 0.3) is 0 Å². The molecule has 0 aliphatic carbocycles. The number of thiophene rings is 1. The maximum absolute atomic E-state index is 11.8. The summed E-state index contributed by atoms with van der Waals surface area (Å²) < 4.78 is 0. The van der Waals surface area contributed by atoms with Gasteiger partial charge in [0.05, 0.1) is 12.6 Å². The Kier molecular flexibility index (Phi) is 4.04. The van der Waals surface area contributed by atoms with Crippen LogP contribution in [-0.2, 0) is 4.79 Å². The third kappa shape index (κ3) is 2.58. The summed E-state index contributed by atoms with van der Waals surface area (Å²) >= 11 is 1.74. The van der Waals surface area contributed by atoms with Gasteiger partial charge in [0.15, 0.2) is 0 Å². The molecule has 0 radical (unpaired) electrons. The van der Waals surface area contributed by atoms with Gasteiger partial charge in [-0.25, -0.2) is 0 Å². The van der Waals surface area contributed by atoms with E-state index >= 15 is 0 Å². The van der Waals surface area contributed by atoms with Crippen LogP contribution in [0, 0.1) is 6.92 Å². The van der Waals surface area contributed by atoms with E-state index in [0.29, 0.717) is 6.54 Å². The standard InChI is InChI=1S/C13H21N3OS/c1-9-4-7-18-13(9)12(10(2)14)16-6-5-15(3)11(17)8-16/h4,7,10,12H,5-6,8,14H2,1-3H3. The van der Waals surface area contributed by atoms with Gasteiger partial charge in [-0.3, -0.25) is 9.69 Å². The van der Waals surface area contributed by atoms with Crippen molar-refractivity contribution < 1.29 is 4.79 Å². The van der Waals surface area contributed by atoms with Crippen LogP contribution in [0.4, 0.5) is 0 Å². The number of aryl methyl sites for hydroxylation is 1. The molecule has 0 saturated carbocycles. The molecule has 1 amide bonds. The number of likely N-dealkylation sites (N-methyl/N-ethyl adjacent to an activating group) is 1. The Morgan fingerprint density at radius 2 is 2.17 bits per heavy atom. The quantitative estimate of drug-likeness (QED) is 0.896. The maximum atomic E-state index is 11.8. The van der Waals surface area contributed by atoms with Gasteiger partial charge in [-0.2, -0.15) is 0 Å². The molecule has 2 atom stereocenters. The van der Waals surface area contributed by atoms with E-state index < -0.39 is 0 Å². The fourth-order valence-corrected chi connectivity index (χ4v) is 3.61. The van der Waals surface area contributed by atoms with E-state index in [1.165, 1.54) is 10.4 Å². The van der Waals surface area contributed by atoms with Crippen molar-refractivity contribution in [3.05, 3.63) is 21.9 Å². The van der Waals surface area contributed by atoms with Gasteiger partial charge in [0.25, 0.3) is 0 Å². The zero-order chi connectivity index (χ0) is 13.3. The number of carbonyl (C=O) groups is 1. The molecular formula is C13H21N3OS. The Morgan fingerprint density at radius 3 is 2.67 bits per heavy atom. The Hall–Kier alpha value is -0.910. The van der Waals surface area contributed by atoms with Gasteiger partial charge < -0.3 is 10.6 Å². The van der Waals surface area contributed by atoms with E-state index in [4.69, 9.17) is 5.73 Å². The molecule has 1 aromatic heterocycles. The van der Waals surface area contributed by atoms with E-state index in [2.05, 4.69) is 23.3 Å². The smallest absolute Gasteiger partial charge is 0.236 e. The third-order valence-corrected chi connectivity index (χ3v) is 4.64. The highest BCUT2D eigenvalue weighted by Crippen LogP contribution is 2.31. The van der Waals surface area contributed by atoms with Crippen LogP contribution >= 0.6 is 11.3 Å².